The maximum absolute atomic E-state index is 12.5. The summed E-state index contributed by atoms with van der Waals surface area (Å²) in [4.78, 5) is 26.0. The first-order valence-corrected chi connectivity index (χ1v) is 9.68. The Morgan fingerprint density at radius 2 is 1.83 bits per heavy atom. The lowest BCUT2D eigenvalue weighted by Gasteiger charge is -2.18. The molecule has 1 unspecified atom stereocenters. The molecule has 3 aromatic rings. The largest absolute Gasteiger partial charge is 0.347 e. The van der Waals surface area contributed by atoms with Crippen LogP contribution in [0.2, 0.25) is 0 Å². The molecule has 3 rings (SSSR count). The second kappa shape index (κ2) is 8.39. The molecule has 0 aliphatic heterocycles. The highest BCUT2D eigenvalue weighted by atomic mass is 16.2. The summed E-state index contributed by atoms with van der Waals surface area (Å²) in [5.74, 6) is 0.0320. The third-order valence-electron chi connectivity index (χ3n) is 5.08. The van der Waals surface area contributed by atoms with E-state index in [0.717, 1.165) is 22.0 Å². The lowest BCUT2D eigenvalue weighted by molar-refractivity contribution is -0.129. The molecular weight excluding hydrogens is 364 g/mol. The van der Waals surface area contributed by atoms with Crippen LogP contribution in [0.3, 0.4) is 0 Å². The SMILES string of the molecule is Cc1ccc(C)c(C(C)NC(=O)Nc2ccc3c(ccn3CC(=O)N(C)C)c2)c1. The summed E-state index contributed by atoms with van der Waals surface area (Å²) in [6.45, 7) is 6.36. The Labute approximate surface area is 171 Å². The van der Waals surface area contributed by atoms with Crippen LogP contribution < -0.4 is 10.6 Å². The average molecular weight is 393 g/mol. The van der Waals surface area contributed by atoms with E-state index in [4.69, 9.17) is 0 Å². The molecule has 0 radical (unpaired) electrons. The van der Waals surface area contributed by atoms with Crippen molar-refractivity contribution in [3.8, 4) is 0 Å². The van der Waals surface area contributed by atoms with Crippen LogP contribution in [0.5, 0.6) is 0 Å². The zero-order chi connectivity index (χ0) is 21.1. The maximum atomic E-state index is 12.5. The summed E-state index contributed by atoms with van der Waals surface area (Å²) in [5.41, 5.74) is 5.09. The van der Waals surface area contributed by atoms with Gasteiger partial charge in [0.05, 0.1) is 6.04 Å². The van der Waals surface area contributed by atoms with E-state index < -0.39 is 0 Å². The van der Waals surface area contributed by atoms with E-state index >= 15 is 0 Å². The van der Waals surface area contributed by atoms with Gasteiger partial charge in [-0.25, -0.2) is 4.79 Å². The molecule has 0 saturated carbocycles. The number of urea groups is 1. The topological polar surface area (TPSA) is 66.4 Å². The van der Waals surface area contributed by atoms with E-state index in [0.29, 0.717) is 5.69 Å². The highest BCUT2D eigenvalue weighted by Crippen LogP contribution is 2.22. The van der Waals surface area contributed by atoms with Gasteiger partial charge in [0, 0.05) is 36.9 Å². The van der Waals surface area contributed by atoms with E-state index in [1.54, 1.807) is 19.0 Å². The Morgan fingerprint density at radius 1 is 1.07 bits per heavy atom. The predicted octanol–water partition coefficient (Wildman–Crippen LogP) is 4.23. The molecule has 3 amide bonds. The van der Waals surface area contributed by atoms with Crippen molar-refractivity contribution in [2.75, 3.05) is 19.4 Å². The number of benzene rings is 2. The van der Waals surface area contributed by atoms with Crippen LogP contribution in [0, 0.1) is 13.8 Å². The first-order chi connectivity index (χ1) is 13.7. The van der Waals surface area contributed by atoms with Gasteiger partial charge in [0.2, 0.25) is 5.91 Å². The van der Waals surface area contributed by atoms with E-state index in [1.165, 1.54) is 5.56 Å². The van der Waals surface area contributed by atoms with Crippen LogP contribution in [-0.4, -0.2) is 35.5 Å². The number of nitrogens with one attached hydrogen (secondary N) is 2. The van der Waals surface area contributed by atoms with Crippen LogP contribution in [-0.2, 0) is 11.3 Å². The quantitative estimate of drug-likeness (QED) is 0.682. The van der Waals surface area contributed by atoms with Crippen molar-refractivity contribution < 1.29 is 9.59 Å². The monoisotopic (exact) mass is 392 g/mol. The van der Waals surface area contributed by atoms with Gasteiger partial charge in [-0.05, 0) is 56.2 Å². The van der Waals surface area contributed by atoms with Crippen LogP contribution in [0.1, 0.15) is 29.7 Å². The average Bonchev–Trinajstić information content (AvgIpc) is 3.05. The fraction of sp³-hybridized carbons (Fsp3) is 0.304. The van der Waals surface area contributed by atoms with Gasteiger partial charge in [0.15, 0.2) is 0 Å². The number of aromatic nitrogens is 1. The van der Waals surface area contributed by atoms with Gasteiger partial charge < -0.3 is 20.1 Å². The van der Waals surface area contributed by atoms with Crippen molar-refractivity contribution in [1.29, 1.82) is 0 Å². The van der Waals surface area contributed by atoms with Gasteiger partial charge in [0.25, 0.3) is 0 Å². The summed E-state index contributed by atoms with van der Waals surface area (Å²) < 4.78 is 1.91. The smallest absolute Gasteiger partial charge is 0.319 e. The zero-order valence-corrected chi connectivity index (χ0v) is 17.6. The Bertz CT molecular complexity index is 1050. The molecule has 0 fully saturated rings. The normalized spacial score (nSPS) is 11.9. The Balaban J connectivity index is 1.69. The van der Waals surface area contributed by atoms with Crippen molar-refractivity contribution >= 4 is 28.5 Å². The minimum absolute atomic E-state index is 0.0320. The summed E-state index contributed by atoms with van der Waals surface area (Å²) in [5, 5.41) is 6.87. The molecule has 29 heavy (non-hydrogen) atoms. The number of carbonyl (C=O) groups excluding carboxylic acids is 2. The van der Waals surface area contributed by atoms with Gasteiger partial charge in [-0.15, -0.1) is 0 Å². The third kappa shape index (κ3) is 4.77. The number of carbonyl (C=O) groups is 2. The molecule has 152 valence electrons. The fourth-order valence-electron chi connectivity index (χ4n) is 3.37. The van der Waals surface area contributed by atoms with Gasteiger partial charge in [-0.3, -0.25) is 4.79 Å². The summed E-state index contributed by atoms with van der Waals surface area (Å²) in [6.07, 6.45) is 1.89. The molecule has 1 aromatic heterocycles. The van der Waals surface area contributed by atoms with Crippen molar-refractivity contribution in [3.63, 3.8) is 0 Å². The lowest BCUT2D eigenvalue weighted by atomic mass is 10.0. The maximum Gasteiger partial charge on any atom is 0.319 e. The molecule has 0 saturated heterocycles. The number of anilines is 1. The lowest BCUT2D eigenvalue weighted by Crippen LogP contribution is -2.31. The molecule has 6 heteroatoms. The molecule has 0 spiro atoms. The summed E-state index contributed by atoms with van der Waals surface area (Å²) in [6, 6.07) is 13.5. The number of aryl methyl sites for hydroxylation is 2. The van der Waals surface area contributed by atoms with E-state index in [-0.39, 0.29) is 24.5 Å². The highest BCUT2D eigenvalue weighted by molar-refractivity contribution is 5.93. The Morgan fingerprint density at radius 3 is 2.55 bits per heavy atom. The molecule has 2 N–H and O–H groups in total. The molecule has 1 atom stereocenters. The number of nitrogens with zero attached hydrogens (tertiary/aromatic N) is 2. The number of hydrogen-bond acceptors (Lipinski definition) is 2. The number of amides is 3. The van der Waals surface area contributed by atoms with Crippen LogP contribution in [0.4, 0.5) is 10.5 Å². The van der Waals surface area contributed by atoms with Crippen molar-refractivity contribution in [1.82, 2.24) is 14.8 Å². The van der Waals surface area contributed by atoms with E-state index in [9.17, 15) is 9.59 Å². The second-order valence-corrected chi connectivity index (χ2v) is 7.69. The summed E-state index contributed by atoms with van der Waals surface area (Å²) in [7, 11) is 3.49. The van der Waals surface area contributed by atoms with Crippen molar-refractivity contribution in [3.05, 3.63) is 65.4 Å². The first kappa shape index (κ1) is 20.5. The van der Waals surface area contributed by atoms with E-state index in [1.807, 2.05) is 55.8 Å². The zero-order valence-electron chi connectivity index (χ0n) is 17.6. The third-order valence-corrected chi connectivity index (χ3v) is 5.08. The molecule has 1 heterocycles. The molecule has 6 nitrogen and oxygen atoms in total. The Hall–Kier alpha value is -3.28. The molecule has 0 bridgehead atoms. The van der Waals surface area contributed by atoms with Crippen molar-refractivity contribution in [2.45, 2.75) is 33.4 Å². The molecule has 0 aliphatic rings. The highest BCUT2D eigenvalue weighted by Gasteiger charge is 2.13. The minimum atomic E-state index is -0.250. The van der Waals surface area contributed by atoms with Gasteiger partial charge >= 0.3 is 6.03 Å². The van der Waals surface area contributed by atoms with Crippen LogP contribution in [0.25, 0.3) is 10.9 Å². The Kier molecular flexibility index (Phi) is 5.92. The van der Waals surface area contributed by atoms with Crippen LogP contribution in [0.15, 0.2) is 48.7 Å². The van der Waals surface area contributed by atoms with Gasteiger partial charge in [-0.1, -0.05) is 23.8 Å². The number of fused-ring (bicyclic) bond motifs is 1. The van der Waals surface area contributed by atoms with Gasteiger partial charge in [-0.2, -0.15) is 0 Å². The fourth-order valence-corrected chi connectivity index (χ4v) is 3.37. The van der Waals surface area contributed by atoms with Gasteiger partial charge in [0.1, 0.15) is 6.54 Å². The predicted molar refractivity (Wildman–Crippen MR) is 117 cm³/mol. The molecule has 2 aromatic carbocycles. The number of rotatable bonds is 5. The second-order valence-electron chi connectivity index (χ2n) is 7.69. The standard InChI is InChI=1S/C23H28N4O2/c1-15-6-7-16(2)20(12-15)17(3)24-23(29)25-19-8-9-21-18(13-19)10-11-27(21)14-22(28)26(4)5/h6-13,17H,14H2,1-5H3,(H2,24,25,29). The van der Waals surface area contributed by atoms with Crippen molar-refractivity contribution in [2.24, 2.45) is 0 Å². The molecule has 0 aliphatic carbocycles. The van der Waals surface area contributed by atoms with E-state index in [2.05, 4.69) is 28.8 Å². The number of hydrogen-bond donors (Lipinski definition) is 2. The molecular formula is C23H28N4O2. The number of likely N-dealkylation sites (N-methyl/N-ethyl adjacent to an activating group) is 1. The first-order valence-electron chi connectivity index (χ1n) is 9.68. The minimum Gasteiger partial charge on any atom is -0.347 e. The summed E-state index contributed by atoms with van der Waals surface area (Å²) >= 11 is 0. The van der Waals surface area contributed by atoms with Crippen LogP contribution >= 0.6 is 0 Å².